The molecule has 8 heteroatoms. The number of aromatic nitrogens is 2. The highest BCUT2D eigenvalue weighted by Gasteiger charge is 2.15. The molecule has 1 aromatic carbocycles. The number of nitrogens with one attached hydrogen (secondary N) is 1. The van der Waals surface area contributed by atoms with E-state index in [1.165, 1.54) is 5.69 Å². The quantitative estimate of drug-likeness (QED) is 0.628. The molecule has 0 atom stereocenters. The Balaban J connectivity index is 1.40. The summed E-state index contributed by atoms with van der Waals surface area (Å²) in [5.74, 6) is 2.55. The van der Waals surface area contributed by atoms with E-state index >= 15 is 0 Å². The van der Waals surface area contributed by atoms with Gasteiger partial charge in [-0.1, -0.05) is 0 Å². The van der Waals surface area contributed by atoms with Crippen molar-refractivity contribution in [3.63, 3.8) is 0 Å². The molecule has 2 fully saturated rings. The van der Waals surface area contributed by atoms with Crippen LogP contribution in [-0.4, -0.2) is 106 Å². The highest BCUT2D eigenvalue weighted by molar-refractivity contribution is 5.64. The van der Waals surface area contributed by atoms with Crippen LogP contribution >= 0.6 is 0 Å². The Morgan fingerprint density at radius 2 is 1.69 bits per heavy atom. The lowest BCUT2D eigenvalue weighted by Crippen LogP contribution is -2.44. The smallest absolute Gasteiger partial charge is 0.163 e. The third-order valence-corrected chi connectivity index (χ3v) is 6.23. The number of benzene rings is 1. The summed E-state index contributed by atoms with van der Waals surface area (Å²) in [6.45, 7) is 10.1. The summed E-state index contributed by atoms with van der Waals surface area (Å²) in [5.41, 5.74) is 2.31. The molecule has 1 N–H and O–H groups in total. The maximum atomic E-state index is 5.43. The van der Waals surface area contributed by atoms with Gasteiger partial charge in [0.15, 0.2) is 5.82 Å². The van der Waals surface area contributed by atoms with Crippen molar-refractivity contribution in [2.45, 2.75) is 6.42 Å². The summed E-state index contributed by atoms with van der Waals surface area (Å²) in [4.78, 5) is 18.9. The molecule has 0 saturated carbocycles. The van der Waals surface area contributed by atoms with Gasteiger partial charge >= 0.3 is 0 Å². The normalized spacial score (nSPS) is 18.0. The standard InChI is InChI=1S/C24H37N7O/c1-28(2)23-19-22(25-9-4-10-30-15-17-32-18-16-30)26-24(27-23)20-5-7-21(8-6-20)31-13-11-29(3)12-14-31/h5-8,19H,4,9-18H2,1-3H3,(H,25,26,27). The molecular formula is C24H37N7O. The molecular weight excluding hydrogens is 402 g/mol. The number of anilines is 3. The topological polar surface area (TPSA) is 60.0 Å². The molecule has 1 aromatic heterocycles. The molecule has 32 heavy (non-hydrogen) atoms. The number of piperazine rings is 1. The lowest BCUT2D eigenvalue weighted by molar-refractivity contribution is 0.0378. The van der Waals surface area contributed by atoms with Gasteiger partial charge in [-0.15, -0.1) is 0 Å². The largest absolute Gasteiger partial charge is 0.379 e. The minimum atomic E-state index is 0.761. The van der Waals surface area contributed by atoms with E-state index < -0.39 is 0 Å². The Morgan fingerprint density at radius 3 is 2.38 bits per heavy atom. The fourth-order valence-corrected chi connectivity index (χ4v) is 4.11. The van der Waals surface area contributed by atoms with Crippen LogP contribution < -0.4 is 15.1 Å². The van der Waals surface area contributed by atoms with Gasteiger partial charge in [0.05, 0.1) is 13.2 Å². The van der Waals surface area contributed by atoms with Crippen LogP contribution in [0.25, 0.3) is 11.4 Å². The first kappa shape index (κ1) is 22.8. The molecule has 0 spiro atoms. The zero-order valence-electron chi connectivity index (χ0n) is 19.8. The van der Waals surface area contributed by atoms with Crippen LogP contribution in [0, 0.1) is 0 Å². The summed E-state index contributed by atoms with van der Waals surface area (Å²) >= 11 is 0. The zero-order valence-corrected chi connectivity index (χ0v) is 19.8. The predicted molar refractivity (Wildman–Crippen MR) is 132 cm³/mol. The van der Waals surface area contributed by atoms with Crippen molar-refractivity contribution in [3.8, 4) is 11.4 Å². The van der Waals surface area contributed by atoms with Gasteiger partial charge in [0.2, 0.25) is 0 Å². The molecule has 0 unspecified atom stereocenters. The van der Waals surface area contributed by atoms with Crippen molar-refractivity contribution in [3.05, 3.63) is 30.3 Å². The van der Waals surface area contributed by atoms with E-state index in [1.54, 1.807) is 0 Å². The molecule has 2 aromatic rings. The minimum absolute atomic E-state index is 0.761. The number of likely N-dealkylation sites (N-methyl/N-ethyl adjacent to an activating group) is 1. The highest BCUT2D eigenvalue weighted by atomic mass is 16.5. The molecule has 0 aliphatic carbocycles. The maximum absolute atomic E-state index is 5.43. The van der Waals surface area contributed by atoms with Crippen molar-refractivity contribution >= 4 is 17.3 Å². The van der Waals surface area contributed by atoms with Crippen molar-refractivity contribution < 1.29 is 4.74 Å². The van der Waals surface area contributed by atoms with E-state index in [1.807, 2.05) is 25.1 Å². The van der Waals surface area contributed by atoms with Crippen molar-refractivity contribution in [1.82, 2.24) is 19.8 Å². The Labute approximate surface area is 192 Å². The first-order chi connectivity index (χ1) is 15.6. The fourth-order valence-electron chi connectivity index (χ4n) is 4.11. The second-order valence-electron chi connectivity index (χ2n) is 8.90. The van der Waals surface area contributed by atoms with Crippen LogP contribution in [0.1, 0.15) is 6.42 Å². The van der Waals surface area contributed by atoms with Gasteiger partial charge in [0, 0.05) is 77.2 Å². The first-order valence-electron chi connectivity index (χ1n) is 11.7. The van der Waals surface area contributed by atoms with Gasteiger partial charge in [-0.3, -0.25) is 4.90 Å². The van der Waals surface area contributed by atoms with Crippen LogP contribution in [-0.2, 0) is 4.74 Å². The average Bonchev–Trinajstić information content (AvgIpc) is 2.83. The zero-order chi connectivity index (χ0) is 22.3. The molecule has 174 valence electrons. The molecule has 0 bridgehead atoms. The molecule has 0 amide bonds. The van der Waals surface area contributed by atoms with E-state index in [2.05, 4.69) is 51.3 Å². The summed E-state index contributed by atoms with van der Waals surface area (Å²) in [6.07, 6.45) is 1.08. The molecule has 8 nitrogen and oxygen atoms in total. The van der Waals surface area contributed by atoms with Gasteiger partial charge in [-0.05, 0) is 44.3 Å². The van der Waals surface area contributed by atoms with Crippen LogP contribution in [0.15, 0.2) is 30.3 Å². The Kier molecular flexibility index (Phi) is 7.78. The third kappa shape index (κ3) is 6.09. The average molecular weight is 440 g/mol. The first-order valence-corrected chi connectivity index (χ1v) is 11.7. The molecule has 0 radical (unpaired) electrons. The van der Waals surface area contributed by atoms with Gasteiger partial charge in [0.25, 0.3) is 0 Å². The summed E-state index contributed by atoms with van der Waals surface area (Å²) < 4.78 is 5.43. The van der Waals surface area contributed by atoms with E-state index in [9.17, 15) is 0 Å². The van der Waals surface area contributed by atoms with Crippen LogP contribution in [0.5, 0.6) is 0 Å². The van der Waals surface area contributed by atoms with E-state index in [0.717, 1.165) is 95.0 Å². The lowest BCUT2D eigenvalue weighted by Gasteiger charge is -2.34. The fraction of sp³-hybridized carbons (Fsp3) is 0.583. The predicted octanol–water partition coefficient (Wildman–Crippen LogP) is 2.10. The molecule has 2 aliphatic rings. The molecule has 3 heterocycles. The van der Waals surface area contributed by atoms with Gasteiger partial charge in [-0.2, -0.15) is 0 Å². The number of rotatable bonds is 8. The van der Waals surface area contributed by atoms with E-state index in [0.29, 0.717) is 0 Å². The summed E-state index contributed by atoms with van der Waals surface area (Å²) in [5, 5.41) is 3.51. The van der Waals surface area contributed by atoms with Gasteiger partial charge < -0.3 is 24.8 Å². The summed E-state index contributed by atoms with van der Waals surface area (Å²) in [7, 11) is 6.22. The number of nitrogens with zero attached hydrogens (tertiary/aromatic N) is 6. The van der Waals surface area contributed by atoms with Gasteiger partial charge in [-0.25, -0.2) is 9.97 Å². The number of hydrogen-bond donors (Lipinski definition) is 1. The third-order valence-electron chi connectivity index (χ3n) is 6.23. The summed E-state index contributed by atoms with van der Waals surface area (Å²) in [6, 6.07) is 10.7. The second-order valence-corrected chi connectivity index (χ2v) is 8.90. The Bertz CT molecular complexity index is 844. The Morgan fingerprint density at radius 1 is 0.969 bits per heavy atom. The number of morpholine rings is 1. The van der Waals surface area contributed by atoms with E-state index in [-0.39, 0.29) is 0 Å². The maximum Gasteiger partial charge on any atom is 0.163 e. The monoisotopic (exact) mass is 439 g/mol. The van der Waals surface area contributed by atoms with Crippen molar-refractivity contribution in [1.29, 1.82) is 0 Å². The van der Waals surface area contributed by atoms with Crippen LogP contribution in [0.2, 0.25) is 0 Å². The van der Waals surface area contributed by atoms with Crippen molar-refractivity contribution in [2.24, 2.45) is 0 Å². The molecule has 2 aliphatic heterocycles. The van der Waals surface area contributed by atoms with Crippen molar-refractivity contribution in [2.75, 3.05) is 102 Å². The number of ether oxygens (including phenoxy) is 1. The lowest BCUT2D eigenvalue weighted by atomic mass is 10.1. The second kappa shape index (κ2) is 10.9. The number of hydrogen-bond acceptors (Lipinski definition) is 8. The molecule has 2 saturated heterocycles. The SMILES string of the molecule is CN1CCN(c2ccc(-c3nc(NCCCN4CCOCC4)cc(N(C)C)n3)cc2)CC1. The highest BCUT2D eigenvalue weighted by Crippen LogP contribution is 2.25. The van der Waals surface area contributed by atoms with Gasteiger partial charge in [0.1, 0.15) is 11.6 Å². The Hall–Kier alpha value is -2.42. The minimum Gasteiger partial charge on any atom is -0.379 e. The van der Waals surface area contributed by atoms with Crippen LogP contribution in [0.3, 0.4) is 0 Å². The van der Waals surface area contributed by atoms with E-state index in [4.69, 9.17) is 14.7 Å². The molecule has 4 rings (SSSR count). The van der Waals surface area contributed by atoms with Crippen LogP contribution in [0.4, 0.5) is 17.3 Å².